The summed E-state index contributed by atoms with van der Waals surface area (Å²) in [5.74, 6) is -5.77. The first-order chi connectivity index (χ1) is 18.2. The fourth-order valence-corrected chi connectivity index (χ4v) is 4.98. The first-order valence-electron chi connectivity index (χ1n) is 11.7. The Balaban J connectivity index is 1.46. The van der Waals surface area contributed by atoms with E-state index in [0.717, 1.165) is 35.0 Å². The molecule has 3 N–H and O–H groups in total. The van der Waals surface area contributed by atoms with Crippen molar-refractivity contribution in [2.45, 2.75) is 37.6 Å². The number of carbonyl (C=O) groups excluding carboxylic acids is 1. The molecule has 1 amide bonds. The third-order valence-corrected chi connectivity index (χ3v) is 6.76. The molecule has 1 fully saturated rings. The van der Waals surface area contributed by atoms with Crippen molar-refractivity contribution in [3.63, 3.8) is 0 Å². The van der Waals surface area contributed by atoms with E-state index in [0.29, 0.717) is 25.7 Å². The standard InChI is InChI=1S/C26H20F4N4O4/c27-15-9-8-14(10-17(15)29)34-23-22(25(37)33-26(34)38)20(18(30)11-31-23)12-4-6-13(7-5-12)32-24(36)21-16(28)2-1-3-19(21)35/h1-3,8-13,35H,4-7H2,(H,32,36)(H,33,37,38). The molecule has 0 saturated heterocycles. The minimum Gasteiger partial charge on any atom is -0.507 e. The van der Waals surface area contributed by atoms with Crippen LogP contribution in [0.5, 0.6) is 5.75 Å². The summed E-state index contributed by atoms with van der Waals surface area (Å²) in [6, 6.07) is 5.84. The molecule has 0 radical (unpaired) electrons. The number of benzene rings is 2. The second-order valence-corrected chi connectivity index (χ2v) is 9.07. The van der Waals surface area contributed by atoms with E-state index in [1.807, 2.05) is 0 Å². The van der Waals surface area contributed by atoms with Crippen LogP contribution in [0.2, 0.25) is 0 Å². The van der Waals surface area contributed by atoms with Crippen molar-refractivity contribution in [2.24, 2.45) is 0 Å². The first-order valence-corrected chi connectivity index (χ1v) is 11.7. The van der Waals surface area contributed by atoms with Crippen LogP contribution in [0.4, 0.5) is 17.6 Å². The van der Waals surface area contributed by atoms with Gasteiger partial charge in [-0.1, -0.05) is 6.07 Å². The summed E-state index contributed by atoms with van der Waals surface area (Å²) in [5, 5.41) is 12.3. The van der Waals surface area contributed by atoms with Gasteiger partial charge in [-0.2, -0.15) is 0 Å². The van der Waals surface area contributed by atoms with Crippen molar-refractivity contribution in [1.82, 2.24) is 19.9 Å². The summed E-state index contributed by atoms with van der Waals surface area (Å²) >= 11 is 0. The van der Waals surface area contributed by atoms with Crippen LogP contribution in [0, 0.1) is 23.3 Å². The first kappa shape index (κ1) is 25.2. The lowest BCUT2D eigenvalue weighted by Crippen LogP contribution is -2.38. The second-order valence-electron chi connectivity index (χ2n) is 9.07. The van der Waals surface area contributed by atoms with E-state index in [-0.39, 0.29) is 22.3 Å². The predicted octanol–water partition coefficient (Wildman–Crippen LogP) is 3.79. The number of aromatic amines is 1. The molecule has 0 unspecified atom stereocenters. The number of H-pyrrole nitrogens is 1. The molecule has 2 aromatic heterocycles. The molecular weight excluding hydrogens is 508 g/mol. The molecule has 0 aliphatic heterocycles. The van der Waals surface area contributed by atoms with Crippen LogP contribution in [-0.2, 0) is 0 Å². The summed E-state index contributed by atoms with van der Waals surface area (Å²) < 4.78 is 57.3. The maximum atomic E-state index is 15.1. The molecule has 5 rings (SSSR count). The van der Waals surface area contributed by atoms with Crippen molar-refractivity contribution >= 4 is 16.9 Å². The van der Waals surface area contributed by atoms with E-state index in [2.05, 4.69) is 15.3 Å². The second kappa shape index (κ2) is 9.77. The molecule has 1 aliphatic carbocycles. The third kappa shape index (κ3) is 4.42. The Morgan fingerprint density at radius 3 is 2.39 bits per heavy atom. The number of hydrogen-bond acceptors (Lipinski definition) is 5. The lowest BCUT2D eigenvalue weighted by atomic mass is 9.80. The summed E-state index contributed by atoms with van der Waals surface area (Å²) in [5.41, 5.74) is -2.61. The fraction of sp³-hybridized carbons (Fsp3) is 0.231. The van der Waals surface area contributed by atoms with Gasteiger partial charge in [0.05, 0.1) is 17.3 Å². The van der Waals surface area contributed by atoms with Gasteiger partial charge in [-0.25, -0.2) is 31.9 Å². The van der Waals surface area contributed by atoms with Gasteiger partial charge in [0.1, 0.15) is 22.9 Å². The largest absolute Gasteiger partial charge is 0.507 e. The van der Waals surface area contributed by atoms with Gasteiger partial charge < -0.3 is 10.4 Å². The predicted molar refractivity (Wildman–Crippen MR) is 128 cm³/mol. The van der Waals surface area contributed by atoms with Gasteiger partial charge in [0.15, 0.2) is 17.3 Å². The van der Waals surface area contributed by atoms with Crippen LogP contribution in [0.3, 0.4) is 0 Å². The number of hydrogen-bond donors (Lipinski definition) is 3. The number of nitrogens with zero attached hydrogens (tertiary/aromatic N) is 2. The molecular formula is C26H20F4N4O4. The van der Waals surface area contributed by atoms with Crippen molar-refractivity contribution < 1.29 is 27.5 Å². The molecule has 1 aliphatic rings. The van der Waals surface area contributed by atoms with Gasteiger partial charge in [0, 0.05) is 17.7 Å². The number of carbonyl (C=O) groups is 1. The van der Waals surface area contributed by atoms with Gasteiger partial charge >= 0.3 is 5.69 Å². The number of pyridine rings is 1. The maximum absolute atomic E-state index is 15.1. The summed E-state index contributed by atoms with van der Waals surface area (Å²) in [6.45, 7) is 0. The van der Waals surface area contributed by atoms with Crippen LogP contribution in [-0.4, -0.2) is 31.6 Å². The zero-order valence-corrected chi connectivity index (χ0v) is 19.6. The van der Waals surface area contributed by atoms with E-state index in [1.165, 1.54) is 12.1 Å². The number of nitrogens with one attached hydrogen (secondary N) is 2. The lowest BCUT2D eigenvalue weighted by molar-refractivity contribution is 0.0918. The van der Waals surface area contributed by atoms with E-state index in [1.54, 1.807) is 0 Å². The molecule has 1 saturated carbocycles. The number of aromatic nitrogens is 3. The summed E-state index contributed by atoms with van der Waals surface area (Å²) in [7, 11) is 0. The Bertz CT molecular complexity index is 1670. The number of phenols is 1. The number of amides is 1. The zero-order valence-electron chi connectivity index (χ0n) is 19.6. The topological polar surface area (TPSA) is 117 Å². The average Bonchev–Trinajstić information content (AvgIpc) is 2.87. The highest BCUT2D eigenvalue weighted by molar-refractivity contribution is 5.97. The Morgan fingerprint density at radius 2 is 1.71 bits per heavy atom. The highest BCUT2D eigenvalue weighted by Crippen LogP contribution is 2.37. The highest BCUT2D eigenvalue weighted by atomic mass is 19.2. The van der Waals surface area contributed by atoms with Crippen molar-refractivity contribution in [2.75, 3.05) is 0 Å². The van der Waals surface area contributed by atoms with Crippen LogP contribution < -0.4 is 16.6 Å². The van der Waals surface area contributed by atoms with E-state index in [9.17, 15) is 32.7 Å². The molecule has 2 heterocycles. The molecule has 4 aromatic rings. The number of aromatic hydroxyl groups is 1. The number of fused-ring (bicyclic) bond motifs is 1. The molecule has 8 nitrogen and oxygen atoms in total. The lowest BCUT2D eigenvalue weighted by Gasteiger charge is -2.30. The average molecular weight is 528 g/mol. The smallest absolute Gasteiger partial charge is 0.334 e. The minimum atomic E-state index is -1.22. The molecule has 38 heavy (non-hydrogen) atoms. The van der Waals surface area contributed by atoms with E-state index in [4.69, 9.17) is 0 Å². The van der Waals surface area contributed by atoms with Crippen LogP contribution in [0.15, 0.2) is 52.2 Å². The monoisotopic (exact) mass is 528 g/mol. The molecule has 0 atom stereocenters. The summed E-state index contributed by atoms with van der Waals surface area (Å²) in [4.78, 5) is 44.0. The van der Waals surface area contributed by atoms with Crippen LogP contribution >= 0.6 is 0 Å². The van der Waals surface area contributed by atoms with Gasteiger partial charge in [0.2, 0.25) is 0 Å². The number of phenolic OH excluding ortho intramolecular Hbond substituents is 1. The molecule has 196 valence electrons. The van der Waals surface area contributed by atoms with Crippen molar-refractivity contribution in [1.29, 1.82) is 0 Å². The quantitative estimate of drug-likeness (QED) is 0.349. The van der Waals surface area contributed by atoms with E-state index < -0.39 is 63.7 Å². The molecule has 2 aromatic carbocycles. The van der Waals surface area contributed by atoms with Crippen LogP contribution in [0.25, 0.3) is 16.7 Å². The fourth-order valence-electron chi connectivity index (χ4n) is 4.98. The number of rotatable bonds is 4. The van der Waals surface area contributed by atoms with Crippen LogP contribution in [0.1, 0.15) is 47.5 Å². The SMILES string of the molecule is O=C(NC1CCC(c2c(F)cnc3c2c(=O)[nH]c(=O)n3-c2ccc(F)c(F)c2)CC1)c1c(O)cccc1F. The number of halogens is 4. The van der Waals surface area contributed by atoms with Gasteiger partial charge in [-0.3, -0.25) is 14.6 Å². The minimum absolute atomic E-state index is 0.0177. The third-order valence-electron chi connectivity index (χ3n) is 6.76. The maximum Gasteiger partial charge on any atom is 0.334 e. The zero-order chi connectivity index (χ0) is 27.1. The molecule has 0 bridgehead atoms. The summed E-state index contributed by atoms with van der Waals surface area (Å²) in [6.07, 6.45) is 2.23. The highest BCUT2D eigenvalue weighted by Gasteiger charge is 2.30. The Hall–Kier alpha value is -4.48. The Kier molecular flexibility index (Phi) is 6.47. The van der Waals surface area contributed by atoms with Gasteiger partial charge in [0.25, 0.3) is 11.5 Å². The molecule has 0 spiro atoms. The van der Waals surface area contributed by atoms with Gasteiger partial charge in [-0.15, -0.1) is 0 Å². The Labute approximate surface area is 211 Å². The van der Waals surface area contributed by atoms with Crippen molar-refractivity contribution in [3.8, 4) is 11.4 Å². The van der Waals surface area contributed by atoms with E-state index >= 15 is 4.39 Å². The normalized spacial score (nSPS) is 17.5. The molecule has 12 heteroatoms. The van der Waals surface area contributed by atoms with Gasteiger partial charge in [-0.05, 0) is 55.9 Å². The Morgan fingerprint density at radius 1 is 0.974 bits per heavy atom. The van der Waals surface area contributed by atoms with Crippen molar-refractivity contribution in [3.05, 3.63) is 97.8 Å².